The number of nitrogens with zero attached hydrogens (tertiary/aromatic N) is 3. The van der Waals surface area contributed by atoms with Crippen molar-refractivity contribution in [1.29, 1.82) is 0 Å². The van der Waals surface area contributed by atoms with Crippen LogP contribution in [-0.2, 0) is 11.2 Å². The maximum atomic E-state index is 12.1. The molecule has 0 saturated carbocycles. The van der Waals surface area contributed by atoms with Crippen molar-refractivity contribution < 1.29 is 19.7 Å². The van der Waals surface area contributed by atoms with Crippen molar-refractivity contribution in [2.45, 2.75) is 44.6 Å². The van der Waals surface area contributed by atoms with Crippen LogP contribution in [0.15, 0.2) is 54.9 Å². The molecule has 7 nitrogen and oxygen atoms in total. The lowest BCUT2D eigenvalue weighted by Crippen LogP contribution is -2.44. The predicted molar refractivity (Wildman–Crippen MR) is 135 cm³/mol. The highest BCUT2D eigenvalue weighted by atomic mass is 16.5. The number of aromatic nitrogens is 2. The lowest BCUT2D eigenvalue weighted by molar-refractivity contribution is -0.146. The molecular formula is C28H35N3O4. The van der Waals surface area contributed by atoms with Gasteiger partial charge >= 0.3 is 5.97 Å². The minimum Gasteiger partial charge on any atom is -0.497 e. The third-order valence-electron chi connectivity index (χ3n) is 7.19. The zero-order valence-corrected chi connectivity index (χ0v) is 20.3. The first-order valence-electron chi connectivity index (χ1n) is 12.5. The molecule has 186 valence electrons. The number of ether oxygens (including phenoxy) is 1. The molecule has 2 aromatic heterocycles. The SMILES string of the molecule is COc1ccc2nccc(C(O)CC[C@@H]3CCN(CCCCc4ccccn4)C[C@@H]3C(=O)O)c2c1. The number of aryl methyl sites for hydroxylation is 1. The third kappa shape index (κ3) is 6.55. The second-order valence-electron chi connectivity index (χ2n) is 9.45. The smallest absolute Gasteiger partial charge is 0.308 e. The van der Waals surface area contributed by atoms with Gasteiger partial charge in [-0.1, -0.05) is 6.07 Å². The molecule has 0 amide bonds. The Morgan fingerprint density at radius 2 is 2.06 bits per heavy atom. The molecule has 2 N–H and O–H groups in total. The first-order chi connectivity index (χ1) is 17.0. The molecule has 0 aliphatic carbocycles. The summed E-state index contributed by atoms with van der Waals surface area (Å²) in [6.45, 7) is 2.40. The van der Waals surface area contributed by atoms with Crippen molar-refractivity contribution in [1.82, 2.24) is 14.9 Å². The van der Waals surface area contributed by atoms with Gasteiger partial charge in [0.1, 0.15) is 5.75 Å². The number of hydrogen-bond acceptors (Lipinski definition) is 6. The fraction of sp³-hybridized carbons (Fsp3) is 0.464. The number of aliphatic hydroxyl groups excluding tert-OH is 1. The van der Waals surface area contributed by atoms with E-state index < -0.39 is 18.0 Å². The van der Waals surface area contributed by atoms with Gasteiger partial charge < -0.3 is 19.8 Å². The summed E-state index contributed by atoms with van der Waals surface area (Å²) in [5.74, 6) is -0.352. The van der Waals surface area contributed by atoms with E-state index in [9.17, 15) is 15.0 Å². The van der Waals surface area contributed by atoms with E-state index >= 15 is 0 Å². The Kier molecular flexibility index (Phi) is 8.66. The second kappa shape index (κ2) is 12.1. The van der Waals surface area contributed by atoms with Crippen molar-refractivity contribution in [3.8, 4) is 5.75 Å². The van der Waals surface area contributed by atoms with Gasteiger partial charge in [-0.05, 0) is 99.5 Å². The summed E-state index contributed by atoms with van der Waals surface area (Å²) < 4.78 is 5.34. The standard InChI is InChI=1S/C28H35N3O4/c1-35-22-9-10-26-24(18-22)23(12-15-30-26)27(32)11-8-20-13-17-31(19-25(20)28(33)34)16-5-3-7-21-6-2-4-14-29-21/h2,4,6,9-10,12,14-15,18,20,25,27,32H,3,5,7-8,11,13,16-17,19H2,1H3,(H,33,34)/t20-,25+,27?/m1/s1. The number of likely N-dealkylation sites (tertiary alicyclic amines) is 1. The van der Waals surface area contributed by atoms with Gasteiger partial charge in [0.25, 0.3) is 0 Å². The quantitative estimate of drug-likeness (QED) is 0.393. The number of unbranched alkanes of at least 4 members (excludes halogenated alkanes) is 1. The largest absolute Gasteiger partial charge is 0.497 e. The molecule has 1 fully saturated rings. The molecule has 3 aromatic rings. The maximum Gasteiger partial charge on any atom is 0.308 e. The fourth-order valence-electron chi connectivity index (χ4n) is 5.18. The Morgan fingerprint density at radius 3 is 2.83 bits per heavy atom. The average Bonchev–Trinajstić information content (AvgIpc) is 2.89. The first-order valence-corrected chi connectivity index (χ1v) is 12.5. The Balaban J connectivity index is 1.30. The van der Waals surface area contributed by atoms with Crippen LogP contribution in [0.25, 0.3) is 10.9 Å². The monoisotopic (exact) mass is 477 g/mol. The van der Waals surface area contributed by atoms with E-state index in [-0.39, 0.29) is 5.92 Å². The number of carboxylic acids is 1. The zero-order valence-electron chi connectivity index (χ0n) is 20.3. The summed E-state index contributed by atoms with van der Waals surface area (Å²) in [4.78, 5) is 23.1. The Morgan fingerprint density at radius 1 is 1.17 bits per heavy atom. The van der Waals surface area contributed by atoms with Crippen LogP contribution in [0.4, 0.5) is 0 Å². The Hall–Kier alpha value is -3.03. The van der Waals surface area contributed by atoms with E-state index in [4.69, 9.17) is 4.74 Å². The summed E-state index contributed by atoms with van der Waals surface area (Å²) >= 11 is 0. The number of rotatable bonds is 11. The van der Waals surface area contributed by atoms with E-state index in [2.05, 4.69) is 14.9 Å². The highest BCUT2D eigenvalue weighted by Gasteiger charge is 2.34. The van der Waals surface area contributed by atoms with Crippen LogP contribution >= 0.6 is 0 Å². The minimum atomic E-state index is -0.734. The summed E-state index contributed by atoms with van der Waals surface area (Å²) in [5, 5.41) is 21.8. The van der Waals surface area contributed by atoms with Crippen LogP contribution in [0.3, 0.4) is 0 Å². The molecule has 4 rings (SSSR count). The number of benzene rings is 1. The summed E-state index contributed by atoms with van der Waals surface area (Å²) in [7, 11) is 1.62. The van der Waals surface area contributed by atoms with Gasteiger partial charge in [-0.2, -0.15) is 0 Å². The molecular weight excluding hydrogens is 442 g/mol. The van der Waals surface area contributed by atoms with Crippen LogP contribution in [0, 0.1) is 11.8 Å². The summed E-state index contributed by atoms with van der Waals surface area (Å²) in [5.41, 5.74) is 2.72. The van der Waals surface area contributed by atoms with Crippen LogP contribution in [0.1, 0.15) is 49.5 Å². The van der Waals surface area contributed by atoms with Crippen LogP contribution in [0.2, 0.25) is 0 Å². The lowest BCUT2D eigenvalue weighted by atomic mass is 9.81. The van der Waals surface area contributed by atoms with Gasteiger partial charge in [-0.15, -0.1) is 0 Å². The number of aliphatic hydroxyl groups is 1. The minimum absolute atomic E-state index is 0.0644. The number of piperidine rings is 1. The summed E-state index contributed by atoms with van der Waals surface area (Å²) in [6.07, 6.45) is 7.93. The van der Waals surface area contributed by atoms with Gasteiger partial charge in [-0.3, -0.25) is 14.8 Å². The number of hydrogen-bond donors (Lipinski definition) is 2. The molecule has 1 aliphatic heterocycles. The average molecular weight is 478 g/mol. The van der Waals surface area contributed by atoms with Gasteiger partial charge in [0.2, 0.25) is 0 Å². The number of carboxylic acid groups (broad SMARTS) is 1. The molecule has 0 radical (unpaired) electrons. The number of pyridine rings is 2. The molecule has 7 heteroatoms. The second-order valence-corrected chi connectivity index (χ2v) is 9.45. The van der Waals surface area contributed by atoms with Gasteiger partial charge in [-0.25, -0.2) is 0 Å². The van der Waals surface area contributed by atoms with Gasteiger partial charge in [0.05, 0.1) is 24.6 Å². The molecule has 0 spiro atoms. The summed E-state index contributed by atoms with van der Waals surface area (Å²) in [6, 6.07) is 13.5. The molecule has 3 heterocycles. The topological polar surface area (TPSA) is 95.8 Å². The fourth-order valence-corrected chi connectivity index (χ4v) is 5.18. The number of fused-ring (bicyclic) bond motifs is 1. The molecule has 1 unspecified atom stereocenters. The first kappa shape index (κ1) is 25.1. The Labute approximate surface area is 206 Å². The number of carbonyl (C=O) groups is 1. The highest BCUT2D eigenvalue weighted by molar-refractivity contribution is 5.83. The van der Waals surface area contributed by atoms with E-state index in [0.717, 1.165) is 66.7 Å². The number of aliphatic carboxylic acids is 1. The predicted octanol–water partition coefficient (Wildman–Crippen LogP) is 4.50. The van der Waals surface area contributed by atoms with Crippen molar-refractivity contribution >= 4 is 16.9 Å². The molecule has 3 atom stereocenters. The zero-order chi connectivity index (χ0) is 24.6. The van der Waals surface area contributed by atoms with Crippen molar-refractivity contribution in [3.05, 3.63) is 66.1 Å². The van der Waals surface area contributed by atoms with Crippen LogP contribution in [0.5, 0.6) is 5.75 Å². The highest BCUT2D eigenvalue weighted by Crippen LogP contribution is 2.33. The van der Waals surface area contributed by atoms with Crippen LogP contribution in [-0.4, -0.2) is 57.8 Å². The Bertz CT molecular complexity index is 1110. The van der Waals surface area contributed by atoms with E-state index in [1.54, 1.807) is 13.3 Å². The molecule has 0 bridgehead atoms. The van der Waals surface area contributed by atoms with Crippen LogP contribution < -0.4 is 4.74 Å². The van der Waals surface area contributed by atoms with Gasteiger partial charge in [0, 0.05) is 30.0 Å². The normalized spacial score (nSPS) is 19.5. The molecule has 1 aliphatic rings. The lowest BCUT2D eigenvalue weighted by Gasteiger charge is -2.37. The molecule has 35 heavy (non-hydrogen) atoms. The van der Waals surface area contributed by atoms with Crippen molar-refractivity contribution in [2.75, 3.05) is 26.7 Å². The molecule has 1 saturated heterocycles. The van der Waals surface area contributed by atoms with Crippen molar-refractivity contribution in [3.63, 3.8) is 0 Å². The van der Waals surface area contributed by atoms with E-state index in [1.807, 2.05) is 48.7 Å². The van der Waals surface area contributed by atoms with E-state index in [0.29, 0.717) is 19.4 Å². The van der Waals surface area contributed by atoms with Gasteiger partial charge in [0.15, 0.2) is 0 Å². The van der Waals surface area contributed by atoms with E-state index in [1.165, 1.54) is 0 Å². The molecule has 1 aromatic carbocycles. The van der Waals surface area contributed by atoms with Crippen molar-refractivity contribution in [2.24, 2.45) is 11.8 Å². The number of methoxy groups -OCH3 is 1. The maximum absolute atomic E-state index is 12.1. The third-order valence-corrected chi connectivity index (χ3v) is 7.19.